The third-order valence-electron chi connectivity index (χ3n) is 5.63. The topological polar surface area (TPSA) is 127 Å². The quantitative estimate of drug-likeness (QED) is 0.554. The molecule has 0 saturated carbocycles. The van der Waals surface area contributed by atoms with Crippen molar-refractivity contribution in [2.24, 2.45) is 0 Å². The van der Waals surface area contributed by atoms with Crippen LogP contribution in [-0.4, -0.2) is 60.1 Å². The predicted molar refractivity (Wildman–Crippen MR) is 119 cm³/mol. The Morgan fingerprint density at radius 2 is 1.85 bits per heavy atom. The number of nitrogens with one attached hydrogen (secondary N) is 2. The SMILES string of the molecule is CC1(CS(=O)(=O)N2CCC(Oc3ccc(OCc4ccccc4)cn3)CC2)NC(=O)NC1=O. The van der Waals surface area contributed by atoms with Gasteiger partial charge in [-0.05, 0) is 31.4 Å². The van der Waals surface area contributed by atoms with Crippen molar-refractivity contribution < 1.29 is 27.5 Å². The van der Waals surface area contributed by atoms with Crippen LogP contribution in [0.1, 0.15) is 25.3 Å². The molecule has 176 valence electrons. The Morgan fingerprint density at radius 1 is 1.12 bits per heavy atom. The Labute approximate surface area is 192 Å². The number of urea groups is 1. The van der Waals surface area contributed by atoms with Gasteiger partial charge in [-0.1, -0.05) is 30.3 Å². The number of benzene rings is 1. The van der Waals surface area contributed by atoms with Gasteiger partial charge in [0.2, 0.25) is 15.9 Å². The van der Waals surface area contributed by atoms with Crippen LogP contribution in [0.4, 0.5) is 4.79 Å². The number of piperidine rings is 1. The second kappa shape index (κ2) is 9.36. The van der Waals surface area contributed by atoms with Gasteiger partial charge in [0.15, 0.2) is 0 Å². The number of carbonyl (C=O) groups excluding carboxylic acids is 2. The first kappa shape index (κ1) is 23.0. The molecule has 2 saturated heterocycles. The third-order valence-corrected chi connectivity index (χ3v) is 7.72. The summed E-state index contributed by atoms with van der Waals surface area (Å²) in [6.07, 6.45) is 2.40. The molecule has 3 heterocycles. The molecule has 11 heteroatoms. The zero-order valence-electron chi connectivity index (χ0n) is 18.2. The number of hydrogen-bond acceptors (Lipinski definition) is 7. The highest BCUT2D eigenvalue weighted by molar-refractivity contribution is 7.89. The van der Waals surface area contributed by atoms with Crippen LogP contribution in [0.15, 0.2) is 48.7 Å². The molecule has 1 atom stereocenters. The van der Waals surface area contributed by atoms with Gasteiger partial charge in [-0.3, -0.25) is 10.1 Å². The van der Waals surface area contributed by atoms with Crippen molar-refractivity contribution in [3.8, 4) is 11.6 Å². The number of sulfonamides is 1. The lowest BCUT2D eigenvalue weighted by molar-refractivity contribution is -0.122. The van der Waals surface area contributed by atoms with Crippen LogP contribution < -0.4 is 20.1 Å². The van der Waals surface area contributed by atoms with Crippen molar-refractivity contribution in [1.29, 1.82) is 0 Å². The van der Waals surface area contributed by atoms with Gasteiger partial charge in [0.25, 0.3) is 5.91 Å². The fourth-order valence-electron chi connectivity index (χ4n) is 3.80. The Kier molecular flexibility index (Phi) is 6.52. The van der Waals surface area contributed by atoms with Crippen molar-refractivity contribution in [2.75, 3.05) is 18.8 Å². The summed E-state index contributed by atoms with van der Waals surface area (Å²) in [5, 5.41) is 4.47. The molecule has 0 aliphatic carbocycles. The largest absolute Gasteiger partial charge is 0.487 e. The number of ether oxygens (including phenoxy) is 2. The first-order chi connectivity index (χ1) is 15.7. The average Bonchev–Trinajstić information content (AvgIpc) is 3.04. The molecule has 2 aliphatic heterocycles. The fraction of sp³-hybridized carbons (Fsp3) is 0.409. The summed E-state index contributed by atoms with van der Waals surface area (Å²) in [5.74, 6) is -0.0591. The molecule has 2 N–H and O–H groups in total. The van der Waals surface area contributed by atoms with Crippen molar-refractivity contribution in [3.63, 3.8) is 0 Å². The lowest BCUT2D eigenvalue weighted by atomic mass is 10.1. The molecule has 1 aromatic carbocycles. The lowest BCUT2D eigenvalue weighted by Crippen LogP contribution is -2.53. The van der Waals surface area contributed by atoms with Crippen molar-refractivity contribution in [3.05, 3.63) is 54.2 Å². The number of imide groups is 1. The van der Waals surface area contributed by atoms with Crippen LogP contribution in [0.2, 0.25) is 0 Å². The van der Waals surface area contributed by atoms with Gasteiger partial charge in [0, 0.05) is 19.2 Å². The molecule has 2 aromatic rings. The van der Waals surface area contributed by atoms with Crippen LogP contribution in [0.3, 0.4) is 0 Å². The van der Waals surface area contributed by atoms with E-state index in [1.165, 1.54) is 11.2 Å². The van der Waals surface area contributed by atoms with Gasteiger partial charge < -0.3 is 14.8 Å². The molecule has 10 nitrogen and oxygen atoms in total. The van der Waals surface area contributed by atoms with E-state index in [0.29, 0.717) is 31.1 Å². The molecule has 1 aromatic heterocycles. The molecule has 0 bridgehead atoms. The maximum atomic E-state index is 12.8. The zero-order chi connectivity index (χ0) is 23.5. The van der Waals surface area contributed by atoms with E-state index in [4.69, 9.17) is 9.47 Å². The van der Waals surface area contributed by atoms with Gasteiger partial charge in [-0.2, -0.15) is 0 Å². The van der Waals surface area contributed by atoms with E-state index < -0.39 is 33.3 Å². The van der Waals surface area contributed by atoms with Gasteiger partial charge in [-0.25, -0.2) is 22.5 Å². The predicted octanol–water partition coefficient (Wildman–Crippen LogP) is 1.43. The van der Waals surface area contributed by atoms with E-state index in [9.17, 15) is 18.0 Å². The number of carbonyl (C=O) groups is 2. The molecular weight excluding hydrogens is 448 g/mol. The standard InChI is InChI=1S/C22H26N4O6S/c1-22(20(27)24-21(28)25-22)15-33(29,30)26-11-9-17(10-12-26)32-19-8-7-18(13-23-19)31-14-16-5-3-2-4-6-16/h2-8,13,17H,9-12,14-15H2,1H3,(H2,24,25,27,28). The van der Waals surface area contributed by atoms with E-state index in [1.807, 2.05) is 30.3 Å². The number of aromatic nitrogens is 1. The highest BCUT2D eigenvalue weighted by atomic mass is 32.2. The van der Waals surface area contributed by atoms with Crippen LogP contribution in [0.25, 0.3) is 0 Å². The highest BCUT2D eigenvalue weighted by Gasteiger charge is 2.47. The van der Waals surface area contributed by atoms with Gasteiger partial charge in [0.1, 0.15) is 24.0 Å². The minimum atomic E-state index is -3.74. The Morgan fingerprint density at radius 3 is 2.45 bits per heavy atom. The minimum absolute atomic E-state index is 0.176. The van der Waals surface area contributed by atoms with Crippen LogP contribution in [-0.2, 0) is 21.4 Å². The number of rotatable bonds is 8. The second-order valence-corrected chi connectivity index (χ2v) is 10.3. The Hall–Kier alpha value is -3.18. The molecule has 2 aliphatic rings. The van der Waals surface area contributed by atoms with E-state index >= 15 is 0 Å². The fourth-order valence-corrected chi connectivity index (χ4v) is 5.68. The molecular formula is C22H26N4O6S. The van der Waals surface area contributed by atoms with Crippen molar-refractivity contribution in [1.82, 2.24) is 19.9 Å². The lowest BCUT2D eigenvalue weighted by Gasteiger charge is -2.33. The summed E-state index contributed by atoms with van der Waals surface area (Å²) in [4.78, 5) is 27.6. The first-order valence-corrected chi connectivity index (χ1v) is 12.3. The van der Waals surface area contributed by atoms with Crippen molar-refractivity contribution >= 4 is 22.0 Å². The van der Waals surface area contributed by atoms with E-state index in [-0.39, 0.29) is 19.2 Å². The van der Waals surface area contributed by atoms with Crippen molar-refractivity contribution in [2.45, 2.75) is 38.0 Å². The number of pyridine rings is 1. The monoisotopic (exact) mass is 474 g/mol. The normalized spacial score (nSPS) is 22.0. The van der Waals surface area contributed by atoms with Gasteiger partial charge in [-0.15, -0.1) is 0 Å². The summed E-state index contributed by atoms with van der Waals surface area (Å²) in [7, 11) is -3.74. The minimum Gasteiger partial charge on any atom is -0.487 e. The maximum Gasteiger partial charge on any atom is 0.322 e. The number of hydrogen-bond donors (Lipinski definition) is 2. The second-order valence-electron chi connectivity index (χ2n) is 8.32. The molecule has 1 unspecified atom stereocenters. The van der Waals surface area contributed by atoms with Gasteiger partial charge >= 0.3 is 6.03 Å². The zero-order valence-corrected chi connectivity index (χ0v) is 19.0. The summed E-state index contributed by atoms with van der Waals surface area (Å²) in [6.45, 7) is 2.37. The highest BCUT2D eigenvalue weighted by Crippen LogP contribution is 2.23. The summed E-state index contributed by atoms with van der Waals surface area (Å²) < 4.78 is 38.6. The molecule has 2 fully saturated rings. The molecule has 3 amide bonds. The maximum absolute atomic E-state index is 12.8. The van der Waals surface area contributed by atoms with Crippen LogP contribution >= 0.6 is 0 Å². The molecule has 0 radical (unpaired) electrons. The summed E-state index contributed by atoms with van der Waals surface area (Å²) in [5.41, 5.74) is -0.415. The molecule has 0 spiro atoms. The number of nitrogens with zero attached hydrogens (tertiary/aromatic N) is 2. The van der Waals surface area contributed by atoms with E-state index in [2.05, 4.69) is 15.6 Å². The van der Waals surface area contributed by atoms with Gasteiger partial charge in [0.05, 0.1) is 11.9 Å². The number of amides is 3. The van der Waals surface area contributed by atoms with E-state index in [0.717, 1.165) is 5.56 Å². The Bertz CT molecular complexity index is 1100. The summed E-state index contributed by atoms with van der Waals surface area (Å²) in [6, 6.07) is 12.6. The molecule has 4 rings (SSSR count). The molecule has 33 heavy (non-hydrogen) atoms. The average molecular weight is 475 g/mol. The van der Waals surface area contributed by atoms with Crippen LogP contribution in [0.5, 0.6) is 11.6 Å². The third kappa shape index (κ3) is 5.60. The van der Waals surface area contributed by atoms with E-state index in [1.54, 1.807) is 18.3 Å². The summed E-state index contributed by atoms with van der Waals surface area (Å²) >= 11 is 0. The van der Waals surface area contributed by atoms with Crippen LogP contribution in [0, 0.1) is 0 Å². The smallest absolute Gasteiger partial charge is 0.322 e. The first-order valence-electron chi connectivity index (χ1n) is 10.6. The Balaban J connectivity index is 1.26.